The number of benzene rings is 1. The first-order valence-corrected chi connectivity index (χ1v) is 10.4. The van der Waals surface area contributed by atoms with Gasteiger partial charge in [0.2, 0.25) is 0 Å². The molecule has 0 bridgehead atoms. The molecule has 11 heteroatoms. The van der Waals surface area contributed by atoms with Crippen LogP contribution >= 0.6 is 24.0 Å². The van der Waals surface area contributed by atoms with Gasteiger partial charge in [-0.25, -0.2) is 14.7 Å². The van der Waals surface area contributed by atoms with Crippen molar-refractivity contribution in [3.8, 4) is 5.75 Å². The monoisotopic (exact) mass is 566 g/mol. The zero-order chi connectivity index (χ0) is 22.6. The predicted octanol–water partition coefficient (Wildman–Crippen LogP) is 4.16. The van der Waals surface area contributed by atoms with Gasteiger partial charge in [0.05, 0.1) is 18.7 Å². The number of fused-ring (bicyclic) bond motifs is 1. The number of rotatable bonds is 5. The molecule has 1 aromatic carbocycles. The predicted molar refractivity (Wildman–Crippen MR) is 127 cm³/mol. The van der Waals surface area contributed by atoms with Crippen LogP contribution in [-0.2, 0) is 25.7 Å². The van der Waals surface area contributed by atoms with E-state index in [4.69, 9.17) is 4.74 Å². The largest absolute Gasteiger partial charge is 0.488 e. The molecule has 7 nitrogen and oxygen atoms in total. The fourth-order valence-electron chi connectivity index (χ4n) is 3.41. The molecule has 2 aromatic rings. The van der Waals surface area contributed by atoms with E-state index in [1.54, 1.807) is 26.8 Å². The summed E-state index contributed by atoms with van der Waals surface area (Å²) < 4.78 is 48.4. The summed E-state index contributed by atoms with van der Waals surface area (Å²) in [7, 11) is 0. The maximum atomic E-state index is 13.7. The van der Waals surface area contributed by atoms with Crippen LogP contribution in [0, 0.1) is 0 Å². The fraction of sp³-hybridized carbons (Fsp3) is 0.571. The molecule has 2 heterocycles. The highest BCUT2D eigenvalue weighted by Gasteiger charge is 2.34. The standard InChI is InChI=1S/C21H29F3N6O.HI/c1-5-25-19(29-15-7-9-18-27-13-28-30(18)12-15)26-11-14-6-8-16(31-20(2,3)4)10-17(14)21(22,23)24;/h6,8,10,13,15H,5,7,9,11-12H2,1-4H3,(H2,25,26,29);1H. The maximum absolute atomic E-state index is 13.7. The van der Waals surface area contributed by atoms with E-state index in [1.165, 1.54) is 12.4 Å². The fourth-order valence-corrected chi connectivity index (χ4v) is 3.41. The Labute approximate surface area is 203 Å². The quantitative estimate of drug-likeness (QED) is 0.323. The molecule has 178 valence electrons. The molecule has 1 aliphatic rings. The number of ether oxygens (including phenoxy) is 1. The van der Waals surface area contributed by atoms with E-state index < -0.39 is 17.3 Å². The second-order valence-corrected chi connectivity index (χ2v) is 8.46. The van der Waals surface area contributed by atoms with Gasteiger partial charge in [-0.05, 0) is 51.8 Å². The Morgan fingerprint density at radius 3 is 2.69 bits per heavy atom. The first-order chi connectivity index (χ1) is 14.5. The normalized spacial score (nSPS) is 16.7. The van der Waals surface area contributed by atoms with Crippen LogP contribution in [0.1, 0.15) is 51.1 Å². The lowest BCUT2D eigenvalue weighted by atomic mass is 10.1. The Morgan fingerprint density at radius 1 is 1.28 bits per heavy atom. The Hall–Kier alpha value is -2.05. The minimum Gasteiger partial charge on any atom is -0.488 e. The van der Waals surface area contributed by atoms with Crippen LogP contribution in [0.2, 0.25) is 0 Å². The van der Waals surface area contributed by atoms with E-state index in [2.05, 4.69) is 25.7 Å². The average molecular weight is 566 g/mol. The van der Waals surface area contributed by atoms with Crippen LogP contribution in [0.5, 0.6) is 5.75 Å². The number of nitrogens with one attached hydrogen (secondary N) is 2. The van der Waals surface area contributed by atoms with Gasteiger partial charge in [-0.2, -0.15) is 18.3 Å². The molecular weight excluding hydrogens is 536 g/mol. The van der Waals surface area contributed by atoms with Gasteiger partial charge in [0.25, 0.3) is 0 Å². The molecule has 1 aromatic heterocycles. The zero-order valence-corrected chi connectivity index (χ0v) is 21.0. The second kappa shape index (κ2) is 10.7. The van der Waals surface area contributed by atoms with Crippen molar-refractivity contribution < 1.29 is 17.9 Å². The number of nitrogens with zero attached hydrogens (tertiary/aromatic N) is 4. The number of guanidine groups is 1. The molecular formula is C21H30F3IN6O. The number of aliphatic imine (C=N–C) groups is 1. The highest BCUT2D eigenvalue weighted by atomic mass is 127. The third-order valence-corrected chi connectivity index (χ3v) is 4.71. The zero-order valence-electron chi connectivity index (χ0n) is 18.7. The van der Waals surface area contributed by atoms with E-state index >= 15 is 0 Å². The summed E-state index contributed by atoms with van der Waals surface area (Å²) in [5.41, 5.74) is -1.24. The molecule has 32 heavy (non-hydrogen) atoms. The van der Waals surface area contributed by atoms with Crippen molar-refractivity contribution in [1.82, 2.24) is 25.4 Å². The summed E-state index contributed by atoms with van der Waals surface area (Å²) in [6.07, 6.45) is -1.34. The molecule has 0 saturated carbocycles. The van der Waals surface area contributed by atoms with Crippen LogP contribution in [0.3, 0.4) is 0 Å². The minimum atomic E-state index is -4.50. The Bertz CT molecular complexity index is 923. The molecule has 0 aliphatic carbocycles. The van der Waals surface area contributed by atoms with Crippen LogP contribution in [0.4, 0.5) is 13.2 Å². The van der Waals surface area contributed by atoms with Gasteiger partial charge in [-0.15, -0.1) is 24.0 Å². The Balaban J connectivity index is 0.00000363. The number of halogens is 4. The molecule has 0 radical (unpaired) electrons. The number of hydrogen-bond donors (Lipinski definition) is 2. The molecule has 2 N–H and O–H groups in total. The summed E-state index contributed by atoms with van der Waals surface area (Å²) in [6, 6.07) is 4.10. The van der Waals surface area contributed by atoms with Gasteiger partial charge in [0.15, 0.2) is 5.96 Å². The summed E-state index contributed by atoms with van der Waals surface area (Å²) in [5, 5.41) is 10.6. The van der Waals surface area contributed by atoms with Crippen LogP contribution in [-0.4, -0.2) is 38.9 Å². The number of alkyl halides is 3. The first kappa shape index (κ1) is 26.2. The SMILES string of the molecule is CCNC(=NCc1ccc(OC(C)(C)C)cc1C(F)(F)F)NC1CCc2ncnn2C1.I. The summed E-state index contributed by atoms with van der Waals surface area (Å²) in [4.78, 5) is 8.61. The van der Waals surface area contributed by atoms with Crippen molar-refractivity contribution >= 4 is 29.9 Å². The highest BCUT2D eigenvalue weighted by molar-refractivity contribution is 14.0. The molecule has 0 amide bonds. The Morgan fingerprint density at radius 2 is 2.03 bits per heavy atom. The number of hydrogen-bond acceptors (Lipinski definition) is 4. The van der Waals surface area contributed by atoms with Gasteiger partial charge >= 0.3 is 6.18 Å². The molecule has 1 aliphatic heterocycles. The number of aryl methyl sites for hydroxylation is 1. The topological polar surface area (TPSA) is 76.4 Å². The third-order valence-electron chi connectivity index (χ3n) is 4.71. The van der Waals surface area contributed by atoms with Crippen molar-refractivity contribution in [2.75, 3.05) is 6.54 Å². The molecule has 0 fully saturated rings. The molecule has 1 atom stereocenters. The number of aromatic nitrogens is 3. The smallest absolute Gasteiger partial charge is 0.416 e. The summed E-state index contributed by atoms with van der Waals surface area (Å²) >= 11 is 0. The minimum absolute atomic E-state index is 0. The van der Waals surface area contributed by atoms with Gasteiger partial charge < -0.3 is 15.4 Å². The molecule has 1 unspecified atom stereocenters. The van der Waals surface area contributed by atoms with Gasteiger partial charge in [-0.3, -0.25) is 0 Å². The van der Waals surface area contributed by atoms with Gasteiger partial charge in [-0.1, -0.05) is 6.07 Å². The van der Waals surface area contributed by atoms with E-state index in [1.807, 2.05) is 11.6 Å². The lowest BCUT2D eigenvalue weighted by Gasteiger charge is -2.25. The average Bonchev–Trinajstić information content (AvgIpc) is 3.13. The van der Waals surface area contributed by atoms with Crippen LogP contribution in [0.25, 0.3) is 0 Å². The second-order valence-electron chi connectivity index (χ2n) is 8.46. The summed E-state index contributed by atoms with van der Waals surface area (Å²) in [5.74, 6) is 1.59. The molecule has 0 saturated heterocycles. The van der Waals surface area contributed by atoms with Crippen LogP contribution < -0.4 is 15.4 Å². The lowest BCUT2D eigenvalue weighted by molar-refractivity contribution is -0.138. The van der Waals surface area contributed by atoms with Crippen molar-refractivity contribution in [3.63, 3.8) is 0 Å². The van der Waals surface area contributed by atoms with Gasteiger partial charge in [0.1, 0.15) is 23.5 Å². The lowest BCUT2D eigenvalue weighted by Crippen LogP contribution is -2.47. The molecule has 3 rings (SSSR count). The van der Waals surface area contributed by atoms with Gasteiger partial charge in [0, 0.05) is 19.0 Å². The van der Waals surface area contributed by atoms with Crippen molar-refractivity contribution in [2.24, 2.45) is 4.99 Å². The summed E-state index contributed by atoms with van der Waals surface area (Å²) in [6.45, 7) is 8.40. The molecule has 0 spiro atoms. The van der Waals surface area contributed by atoms with Crippen LogP contribution in [0.15, 0.2) is 29.5 Å². The van der Waals surface area contributed by atoms with Crippen molar-refractivity contribution in [3.05, 3.63) is 41.5 Å². The third kappa shape index (κ3) is 7.24. The highest BCUT2D eigenvalue weighted by Crippen LogP contribution is 2.35. The first-order valence-electron chi connectivity index (χ1n) is 10.4. The Kier molecular flexibility index (Phi) is 8.77. The van der Waals surface area contributed by atoms with E-state index in [9.17, 15) is 13.2 Å². The van der Waals surface area contributed by atoms with E-state index in [0.29, 0.717) is 19.0 Å². The van der Waals surface area contributed by atoms with E-state index in [-0.39, 0.29) is 47.9 Å². The van der Waals surface area contributed by atoms with Crippen molar-refractivity contribution in [1.29, 1.82) is 0 Å². The maximum Gasteiger partial charge on any atom is 0.416 e. The van der Waals surface area contributed by atoms with Crippen molar-refractivity contribution in [2.45, 2.75) is 71.4 Å². The van der Waals surface area contributed by atoms with E-state index in [0.717, 1.165) is 24.7 Å².